The summed E-state index contributed by atoms with van der Waals surface area (Å²) in [5, 5.41) is 3.47. The summed E-state index contributed by atoms with van der Waals surface area (Å²) in [5.74, 6) is -0.326. The third kappa shape index (κ3) is 3.63. The minimum absolute atomic E-state index is 0.0126. The molecule has 3 rings (SSSR count). The second-order valence-corrected chi connectivity index (χ2v) is 6.29. The fourth-order valence-electron chi connectivity index (χ4n) is 2.28. The van der Waals surface area contributed by atoms with Gasteiger partial charge in [0.2, 0.25) is 0 Å². The number of hydrogen-bond acceptors (Lipinski definition) is 3. The van der Waals surface area contributed by atoms with Crippen LogP contribution in [0.15, 0.2) is 23.1 Å². The SMILES string of the molecule is Cc1c(C(F)(F)F)cnn(-c2cc(OCC3CC3)c(Cl)cc2F)c1=O. The van der Waals surface area contributed by atoms with Crippen LogP contribution >= 0.6 is 11.6 Å². The van der Waals surface area contributed by atoms with E-state index in [2.05, 4.69) is 5.10 Å². The monoisotopic (exact) mass is 376 g/mol. The van der Waals surface area contributed by atoms with Crippen molar-refractivity contribution in [3.8, 4) is 11.4 Å². The second-order valence-electron chi connectivity index (χ2n) is 5.89. The van der Waals surface area contributed by atoms with Crippen molar-refractivity contribution in [1.29, 1.82) is 0 Å². The van der Waals surface area contributed by atoms with Crippen LogP contribution < -0.4 is 10.3 Å². The largest absolute Gasteiger partial charge is 0.492 e. The van der Waals surface area contributed by atoms with E-state index in [4.69, 9.17) is 16.3 Å². The van der Waals surface area contributed by atoms with Gasteiger partial charge in [-0.25, -0.2) is 4.39 Å². The Balaban J connectivity index is 2.05. The molecule has 0 unspecified atom stereocenters. The Bertz CT molecular complexity index is 876. The zero-order valence-electron chi connectivity index (χ0n) is 13.0. The van der Waals surface area contributed by atoms with E-state index in [0.29, 0.717) is 23.4 Å². The quantitative estimate of drug-likeness (QED) is 0.753. The highest BCUT2D eigenvalue weighted by atomic mass is 35.5. The molecule has 1 aliphatic carbocycles. The molecule has 0 spiro atoms. The number of nitrogens with zero attached hydrogens (tertiary/aromatic N) is 2. The molecule has 25 heavy (non-hydrogen) atoms. The van der Waals surface area contributed by atoms with Crippen LogP contribution in [0.25, 0.3) is 5.69 Å². The summed E-state index contributed by atoms with van der Waals surface area (Å²) < 4.78 is 58.8. The molecule has 134 valence electrons. The third-order valence-electron chi connectivity index (χ3n) is 3.93. The van der Waals surface area contributed by atoms with Crippen molar-refractivity contribution < 1.29 is 22.3 Å². The van der Waals surface area contributed by atoms with Gasteiger partial charge in [0.05, 0.1) is 23.4 Å². The molecular weight excluding hydrogens is 364 g/mol. The van der Waals surface area contributed by atoms with Crippen molar-refractivity contribution >= 4 is 11.6 Å². The van der Waals surface area contributed by atoms with Gasteiger partial charge in [0.15, 0.2) is 5.82 Å². The lowest BCUT2D eigenvalue weighted by molar-refractivity contribution is -0.138. The van der Waals surface area contributed by atoms with Crippen molar-refractivity contribution in [1.82, 2.24) is 9.78 Å². The topological polar surface area (TPSA) is 44.1 Å². The fraction of sp³-hybridized carbons (Fsp3) is 0.375. The molecule has 1 saturated carbocycles. The highest BCUT2D eigenvalue weighted by Gasteiger charge is 2.34. The van der Waals surface area contributed by atoms with Crippen molar-refractivity contribution in [3.63, 3.8) is 0 Å². The molecule has 0 N–H and O–H groups in total. The summed E-state index contributed by atoms with van der Waals surface area (Å²) in [6, 6.07) is 2.11. The molecule has 1 aliphatic rings. The van der Waals surface area contributed by atoms with Crippen LogP contribution in [-0.4, -0.2) is 16.4 Å². The third-order valence-corrected chi connectivity index (χ3v) is 4.22. The van der Waals surface area contributed by atoms with E-state index in [-0.39, 0.29) is 16.5 Å². The van der Waals surface area contributed by atoms with Gasteiger partial charge in [0.25, 0.3) is 5.56 Å². The normalized spacial score (nSPS) is 14.6. The van der Waals surface area contributed by atoms with Gasteiger partial charge in [-0.15, -0.1) is 0 Å². The zero-order chi connectivity index (χ0) is 18.4. The summed E-state index contributed by atoms with van der Waals surface area (Å²) in [6.07, 6.45) is -2.16. The molecule has 2 aromatic rings. The highest BCUT2D eigenvalue weighted by molar-refractivity contribution is 6.32. The Labute approximate surface area is 145 Å². The number of rotatable bonds is 4. The molecule has 1 aromatic carbocycles. The van der Waals surface area contributed by atoms with E-state index in [1.807, 2.05) is 0 Å². The molecular formula is C16H13ClF4N2O2. The zero-order valence-corrected chi connectivity index (χ0v) is 13.8. The van der Waals surface area contributed by atoms with Gasteiger partial charge in [-0.2, -0.15) is 23.0 Å². The highest BCUT2D eigenvalue weighted by Crippen LogP contribution is 2.34. The average molecular weight is 377 g/mol. The average Bonchev–Trinajstić information content (AvgIpc) is 3.32. The predicted octanol–water partition coefficient (Wildman–Crippen LogP) is 4.14. The van der Waals surface area contributed by atoms with Crippen molar-refractivity contribution in [3.05, 3.63) is 50.7 Å². The van der Waals surface area contributed by atoms with Crippen LogP contribution in [0.1, 0.15) is 24.0 Å². The summed E-state index contributed by atoms with van der Waals surface area (Å²) in [7, 11) is 0. The molecule has 1 heterocycles. The number of aromatic nitrogens is 2. The summed E-state index contributed by atoms with van der Waals surface area (Å²) >= 11 is 5.93. The van der Waals surface area contributed by atoms with E-state index in [1.165, 1.54) is 6.07 Å². The lowest BCUT2D eigenvalue weighted by Gasteiger charge is -2.14. The molecule has 0 radical (unpaired) electrons. The van der Waals surface area contributed by atoms with Crippen LogP contribution in [0.5, 0.6) is 5.75 Å². The van der Waals surface area contributed by atoms with Crippen molar-refractivity contribution in [2.45, 2.75) is 25.9 Å². The number of alkyl halides is 3. The minimum atomic E-state index is -4.72. The molecule has 0 atom stereocenters. The standard InChI is InChI=1S/C16H13ClF4N2O2/c1-8-10(16(19,20)21)6-22-23(15(8)24)13-5-14(11(17)4-12(13)18)25-7-9-2-3-9/h4-6,9H,2-3,7H2,1H3. The number of hydrogen-bond donors (Lipinski definition) is 0. The van der Waals surface area contributed by atoms with Gasteiger partial charge in [-0.3, -0.25) is 4.79 Å². The predicted molar refractivity (Wildman–Crippen MR) is 82.8 cm³/mol. The Morgan fingerprint density at radius 3 is 2.64 bits per heavy atom. The van der Waals surface area contributed by atoms with Crippen LogP contribution in [-0.2, 0) is 6.18 Å². The van der Waals surface area contributed by atoms with Crippen LogP contribution in [0, 0.1) is 18.7 Å². The van der Waals surface area contributed by atoms with Gasteiger partial charge < -0.3 is 4.74 Å². The number of ether oxygens (including phenoxy) is 1. The minimum Gasteiger partial charge on any atom is -0.492 e. The van der Waals surface area contributed by atoms with E-state index < -0.39 is 28.7 Å². The molecule has 0 bridgehead atoms. The second kappa shape index (κ2) is 6.33. The van der Waals surface area contributed by atoms with Gasteiger partial charge in [-0.1, -0.05) is 11.6 Å². The Kier molecular flexibility index (Phi) is 4.49. The van der Waals surface area contributed by atoms with Gasteiger partial charge in [0, 0.05) is 11.6 Å². The van der Waals surface area contributed by atoms with Gasteiger partial charge >= 0.3 is 6.18 Å². The molecule has 0 aliphatic heterocycles. The maximum absolute atomic E-state index is 14.2. The molecule has 1 fully saturated rings. The van der Waals surface area contributed by atoms with E-state index in [0.717, 1.165) is 25.8 Å². The van der Waals surface area contributed by atoms with Crippen LogP contribution in [0.3, 0.4) is 0 Å². The molecule has 0 amide bonds. The van der Waals surface area contributed by atoms with Gasteiger partial charge in [0.1, 0.15) is 11.4 Å². The lowest BCUT2D eigenvalue weighted by Crippen LogP contribution is -2.27. The first-order valence-electron chi connectivity index (χ1n) is 7.47. The van der Waals surface area contributed by atoms with Gasteiger partial charge in [-0.05, 0) is 31.7 Å². The van der Waals surface area contributed by atoms with Crippen molar-refractivity contribution in [2.75, 3.05) is 6.61 Å². The van der Waals surface area contributed by atoms with E-state index in [1.54, 1.807) is 0 Å². The molecule has 4 nitrogen and oxygen atoms in total. The van der Waals surface area contributed by atoms with Crippen LogP contribution in [0.4, 0.5) is 17.6 Å². The van der Waals surface area contributed by atoms with E-state index >= 15 is 0 Å². The first-order valence-corrected chi connectivity index (χ1v) is 7.84. The molecule has 1 aromatic heterocycles. The Hall–Kier alpha value is -2.09. The Morgan fingerprint density at radius 2 is 2.04 bits per heavy atom. The van der Waals surface area contributed by atoms with Crippen LogP contribution in [0.2, 0.25) is 5.02 Å². The summed E-state index contributed by atoms with van der Waals surface area (Å²) in [5.41, 5.74) is -3.12. The number of benzene rings is 1. The Morgan fingerprint density at radius 1 is 1.36 bits per heavy atom. The number of halogens is 5. The molecule has 0 saturated heterocycles. The van der Waals surface area contributed by atoms with Crippen molar-refractivity contribution in [2.24, 2.45) is 5.92 Å². The fourth-order valence-corrected chi connectivity index (χ4v) is 2.48. The molecule has 9 heteroatoms. The summed E-state index contributed by atoms with van der Waals surface area (Å²) in [4.78, 5) is 12.2. The van der Waals surface area contributed by atoms with E-state index in [9.17, 15) is 22.4 Å². The maximum Gasteiger partial charge on any atom is 0.418 e. The summed E-state index contributed by atoms with van der Waals surface area (Å²) in [6.45, 7) is 1.42. The first kappa shape index (κ1) is 17.7. The lowest BCUT2D eigenvalue weighted by atomic mass is 10.2. The first-order chi connectivity index (χ1) is 11.7. The smallest absolute Gasteiger partial charge is 0.418 e. The maximum atomic E-state index is 14.2.